The van der Waals surface area contributed by atoms with Gasteiger partial charge in [-0.15, -0.1) is 0 Å². The second-order valence-electron chi connectivity index (χ2n) is 5.06. The Balaban J connectivity index is 1.86. The van der Waals surface area contributed by atoms with Crippen molar-refractivity contribution in [1.82, 2.24) is 4.98 Å². The maximum atomic E-state index is 14.0. The zero-order valence-corrected chi connectivity index (χ0v) is 12.5. The molecule has 4 aromatic rings. The third-order valence-electron chi connectivity index (χ3n) is 3.65. The number of H-pyrrole nitrogens is 1. The molecule has 0 saturated heterocycles. The lowest BCUT2D eigenvalue weighted by Crippen LogP contribution is -2.13. The van der Waals surface area contributed by atoms with Gasteiger partial charge in [-0.05, 0) is 30.3 Å². The molecule has 0 aliphatic rings. The lowest BCUT2D eigenvalue weighted by Gasteiger charge is -2.08. The highest BCUT2D eigenvalue weighted by molar-refractivity contribution is 7.93. The molecular formula is C16H11FN2O3S. The highest BCUT2D eigenvalue weighted by Crippen LogP contribution is 2.30. The molecule has 116 valence electrons. The predicted octanol–water partition coefficient (Wildman–Crippen LogP) is 3.85. The SMILES string of the molecule is O=S(=O)(Nc1cccc2occc12)c1c[nH]c2cccc(F)c12. The summed E-state index contributed by atoms with van der Waals surface area (Å²) >= 11 is 0. The summed E-state index contributed by atoms with van der Waals surface area (Å²) < 4.78 is 47.1. The molecule has 0 amide bonds. The van der Waals surface area contributed by atoms with Crippen molar-refractivity contribution in [2.24, 2.45) is 0 Å². The Labute approximate surface area is 130 Å². The monoisotopic (exact) mass is 330 g/mol. The van der Waals surface area contributed by atoms with Crippen molar-refractivity contribution in [3.63, 3.8) is 0 Å². The molecule has 2 aromatic heterocycles. The number of benzene rings is 2. The van der Waals surface area contributed by atoms with E-state index in [0.29, 0.717) is 22.2 Å². The van der Waals surface area contributed by atoms with E-state index >= 15 is 0 Å². The van der Waals surface area contributed by atoms with Gasteiger partial charge >= 0.3 is 0 Å². The molecule has 0 aliphatic heterocycles. The van der Waals surface area contributed by atoms with Crippen molar-refractivity contribution < 1.29 is 17.2 Å². The Morgan fingerprint density at radius 2 is 1.91 bits per heavy atom. The topological polar surface area (TPSA) is 75.1 Å². The smallest absolute Gasteiger partial charge is 0.264 e. The van der Waals surface area contributed by atoms with Crippen LogP contribution < -0.4 is 4.72 Å². The van der Waals surface area contributed by atoms with E-state index in [1.165, 1.54) is 24.6 Å². The van der Waals surface area contributed by atoms with Crippen LogP contribution in [0.5, 0.6) is 0 Å². The first kappa shape index (κ1) is 13.8. The van der Waals surface area contributed by atoms with Crippen LogP contribution >= 0.6 is 0 Å². The first-order chi connectivity index (χ1) is 11.1. The van der Waals surface area contributed by atoms with Crippen LogP contribution in [0.25, 0.3) is 21.9 Å². The number of furan rings is 1. The average molecular weight is 330 g/mol. The molecule has 0 fully saturated rings. The quantitative estimate of drug-likeness (QED) is 0.599. The number of rotatable bonds is 3. The summed E-state index contributed by atoms with van der Waals surface area (Å²) in [5.74, 6) is -0.592. The number of aromatic nitrogens is 1. The Morgan fingerprint density at radius 1 is 1.09 bits per heavy atom. The zero-order chi connectivity index (χ0) is 16.0. The minimum atomic E-state index is -3.95. The van der Waals surface area contributed by atoms with E-state index in [-0.39, 0.29) is 10.3 Å². The van der Waals surface area contributed by atoms with Gasteiger partial charge in [0.1, 0.15) is 16.3 Å². The Morgan fingerprint density at radius 3 is 2.78 bits per heavy atom. The molecule has 7 heteroatoms. The first-order valence-corrected chi connectivity index (χ1v) is 8.29. The first-order valence-electron chi connectivity index (χ1n) is 6.81. The summed E-state index contributed by atoms with van der Waals surface area (Å²) in [5, 5.41) is 0.677. The summed E-state index contributed by atoms with van der Waals surface area (Å²) in [6.07, 6.45) is 2.76. The molecular weight excluding hydrogens is 319 g/mol. The van der Waals surface area contributed by atoms with E-state index in [4.69, 9.17) is 4.42 Å². The van der Waals surface area contributed by atoms with Gasteiger partial charge in [-0.1, -0.05) is 12.1 Å². The number of nitrogens with one attached hydrogen (secondary N) is 2. The Bertz CT molecular complexity index is 1130. The van der Waals surface area contributed by atoms with Gasteiger partial charge in [0, 0.05) is 17.1 Å². The van der Waals surface area contributed by atoms with Gasteiger partial charge in [0.2, 0.25) is 0 Å². The van der Waals surface area contributed by atoms with Gasteiger partial charge < -0.3 is 9.40 Å². The summed E-state index contributed by atoms with van der Waals surface area (Å²) in [4.78, 5) is 2.64. The fraction of sp³-hybridized carbons (Fsp3) is 0. The summed E-state index contributed by atoms with van der Waals surface area (Å²) in [5.41, 5.74) is 1.36. The molecule has 0 unspecified atom stereocenters. The third kappa shape index (κ3) is 2.17. The number of halogens is 1. The molecule has 4 rings (SSSR count). The minimum absolute atomic E-state index is 0.0411. The van der Waals surface area contributed by atoms with E-state index in [1.807, 2.05) is 0 Å². The van der Waals surface area contributed by atoms with Crippen LogP contribution in [-0.4, -0.2) is 13.4 Å². The van der Waals surface area contributed by atoms with Crippen molar-refractivity contribution >= 4 is 37.6 Å². The average Bonchev–Trinajstić information content (AvgIpc) is 3.14. The number of anilines is 1. The fourth-order valence-corrected chi connectivity index (χ4v) is 3.87. The lowest BCUT2D eigenvalue weighted by atomic mass is 10.2. The van der Waals surface area contributed by atoms with Crippen LogP contribution in [0.1, 0.15) is 0 Å². The molecule has 0 atom stereocenters. The highest BCUT2D eigenvalue weighted by Gasteiger charge is 2.22. The van der Waals surface area contributed by atoms with E-state index < -0.39 is 15.8 Å². The van der Waals surface area contributed by atoms with Gasteiger partial charge in [0.15, 0.2) is 0 Å². The van der Waals surface area contributed by atoms with Crippen LogP contribution in [0.2, 0.25) is 0 Å². The maximum Gasteiger partial charge on any atom is 0.264 e. The van der Waals surface area contributed by atoms with E-state index in [0.717, 1.165) is 0 Å². The van der Waals surface area contributed by atoms with Crippen LogP contribution in [0.15, 0.2) is 64.2 Å². The van der Waals surface area contributed by atoms with Crippen molar-refractivity contribution in [3.05, 3.63) is 60.7 Å². The van der Waals surface area contributed by atoms with Crippen LogP contribution in [0, 0.1) is 5.82 Å². The number of aromatic amines is 1. The van der Waals surface area contributed by atoms with Gasteiger partial charge in [-0.25, -0.2) is 12.8 Å². The summed E-state index contributed by atoms with van der Waals surface area (Å²) in [6, 6.07) is 11.1. The van der Waals surface area contributed by atoms with E-state index in [9.17, 15) is 12.8 Å². The van der Waals surface area contributed by atoms with Crippen LogP contribution in [0.3, 0.4) is 0 Å². The molecule has 2 heterocycles. The minimum Gasteiger partial charge on any atom is -0.464 e. The second-order valence-corrected chi connectivity index (χ2v) is 6.71. The number of sulfonamides is 1. The van der Waals surface area contributed by atoms with Crippen molar-refractivity contribution in [2.75, 3.05) is 4.72 Å². The highest BCUT2D eigenvalue weighted by atomic mass is 32.2. The number of hydrogen-bond donors (Lipinski definition) is 2. The Hall–Kier alpha value is -2.80. The standard InChI is InChI=1S/C16H11FN2O3S/c17-11-3-1-5-13-16(11)15(9-18-13)23(20,21)19-12-4-2-6-14-10(12)7-8-22-14/h1-9,18-19H. The van der Waals surface area contributed by atoms with Crippen molar-refractivity contribution in [3.8, 4) is 0 Å². The summed E-state index contributed by atoms with van der Waals surface area (Å²) in [7, 11) is -3.95. The maximum absolute atomic E-state index is 14.0. The number of fused-ring (bicyclic) bond motifs is 2. The number of hydrogen-bond acceptors (Lipinski definition) is 3. The largest absolute Gasteiger partial charge is 0.464 e. The van der Waals surface area contributed by atoms with Crippen molar-refractivity contribution in [1.29, 1.82) is 0 Å². The fourth-order valence-electron chi connectivity index (χ4n) is 2.61. The van der Waals surface area contributed by atoms with Gasteiger partial charge in [0.05, 0.1) is 17.3 Å². The summed E-state index contributed by atoms with van der Waals surface area (Å²) in [6.45, 7) is 0. The molecule has 5 nitrogen and oxygen atoms in total. The molecule has 0 spiro atoms. The third-order valence-corrected chi connectivity index (χ3v) is 5.04. The van der Waals surface area contributed by atoms with Gasteiger partial charge in [-0.2, -0.15) is 0 Å². The molecule has 0 bridgehead atoms. The van der Waals surface area contributed by atoms with Crippen LogP contribution in [0.4, 0.5) is 10.1 Å². The van der Waals surface area contributed by atoms with E-state index in [2.05, 4.69) is 9.71 Å². The predicted molar refractivity (Wildman–Crippen MR) is 85.3 cm³/mol. The lowest BCUT2D eigenvalue weighted by molar-refractivity contribution is 0.600. The van der Waals surface area contributed by atoms with Gasteiger partial charge in [-0.3, -0.25) is 4.72 Å². The van der Waals surface area contributed by atoms with Crippen LogP contribution in [-0.2, 0) is 10.0 Å². The van der Waals surface area contributed by atoms with Crippen molar-refractivity contribution in [2.45, 2.75) is 4.90 Å². The molecule has 2 aromatic carbocycles. The molecule has 2 N–H and O–H groups in total. The second kappa shape index (κ2) is 4.85. The normalized spacial score (nSPS) is 12.0. The zero-order valence-electron chi connectivity index (χ0n) is 11.7. The molecule has 0 radical (unpaired) electrons. The van der Waals surface area contributed by atoms with Gasteiger partial charge in [0.25, 0.3) is 10.0 Å². The molecule has 0 aliphatic carbocycles. The Kier molecular flexibility index (Phi) is 2.92. The van der Waals surface area contributed by atoms with E-state index in [1.54, 1.807) is 30.3 Å². The molecule has 23 heavy (non-hydrogen) atoms. The molecule has 0 saturated carbocycles.